The summed E-state index contributed by atoms with van der Waals surface area (Å²) in [6.45, 7) is 0. The van der Waals surface area contributed by atoms with Gasteiger partial charge in [-0.15, -0.1) is 12.4 Å². The Morgan fingerprint density at radius 1 is 1.08 bits per heavy atom. The van der Waals surface area contributed by atoms with Crippen LogP contribution in [0.2, 0.25) is 0 Å². The maximum atomic E-state index is 12.2. The van der Waals surface area contributed by atoms with Gasteiger partial charge in [0.15, 0.2) is 0 Å². The Hall–Kier alpha value is -2.53. The van der Waals surface area contributed by atoms with Gasteiger partial charge in [0.2, 0.25) is 5.91 Å². The number of rotatable bonds is 7. The number of carbonyl (C=O) groups excluding carboxylic acids is 2. The van der Waals surface area contributed by atoms with Crippen LogP contribution in [0, 0.1) is 0 Å². The summed E-state index contributed by atoms with van der Waals surface area (Å²) in [6, 6.07) is 16.2. The van der Waals surface area contributed by atoms with Gasteiger partial charge in [-0.3, -0.25) is 4.79 Å². The summed E-state index contributed by atoms with van der Waals surface area (Å²) in [5.41, 5.74) is 8.42. The highest BCUT2D eigenvalue weighted by Gasteiger charge is 2.21. The number of esters is 1. The Morgan fingerprint density at radius 2 is 1.72 bits per heavy atom. The highest BCUT2D eigenvalue weighted by Crippen LogP contribution is 2.13. The minimum atomic E-state index is -0.696. The van der Waals surface area contributed by atoms with Crippen LogP contribution in [0.15, 0.2) is 54.6 Å². The number of aryl methyl sites for hydroxylation is 1. The van der Waals surface area contributed by atoms with Crippen molar-refractivity contribution < 1.29 is 14.3 Å². The fourth-order valence-electron chi connectivity index (χ4n) is 2.46. The van der Waals surface area contributed by atoms with Gasteiger partial charge in [-0.05, 0) is 23.6 Å². The van der Waals surface area contributed by atoms with Crippen molar-refractivity contribution in [3.05, 3.63) is 65.7 Å². The Morgan fingerprint density at radius 3 is 2.36 bits per heavy atom. The van der Waals surface area contributed by atoms with Gasteiger partial charge in [-0.2, -0.15) is 0 Å². The molecule has 0 saturated heterocycles. The number of nitrogen functional groups attached to an aromatic ring is 1. The molecule has 0 fully saturated rings. The predicted octanol–water partition coefficient (Wildman–Crippen LogP) is 2.52. The lowest BCUT2D eigenvalue weighted by Gasteiger charge is -2.17. The SMILES string of the molecule is COC(=O)C(Cc1ccccc1)NC(=O)CCc1ccccc1N.Cl. The third-order valence-corrected chi connectivity index (χ3v) is 3.78. The number of hydrogen-bond acceptors (Lipinski definition) is 4. The van der Waals surface area contributed by atoms with Gasteiger partial charge in [-0.25, -0.2) is 4.79 Å². The van der Waals surface area contributed by atoms with Crippen LogP contribution in [0.3, 0.4) is 0 Å². The maximum absolute atomic E-state index is 12.2. The molecule has 1 unspecified atom stereocenters. The Labute approximate surface area is 154 Å². The lowest BCUT2D eigenvalue weighted by molar-refractivity contribution is -0.145. The molecule has 2 rings (SSSR count). The average Bonchev–Trinajstić information content (AvgIpc) is 2.60. The summed E-state index contributed by atoms with van der Waals surface area (Å²) in [6.07, 6.45) is 1.18. The van der Waals surface area contributed by atoms with Gasteiger partial charge in [0, 0.05) is 18.5 Å². The van der Waals surface area contributed by atoms with E-state index in [4.69, 9.17) is 10.5 Å². The molecule has 0 heterocycles. The number of nitrogens with one attached hydrogen (secondary N) is 1. The summed E-state index contributed by atoms with van der Waals surface area (Å²) < 4.78 is 4.79. The molecule has 2 aromatic rings. The van der Waals surface area contributed by atoms with Crippen LogP contribution in [0.1, 0.15) is 17.5 Å². The molecular weight excluding hydrogens is 340 g/mol. The number of benzene rings is 2. The standard InChI is InChI=1S/C19H22N2O3.ClH/c1-24-19(23)17(13-14-7-3-2-4-8-14)21-18(22)12-11-15-9-5-6-10-16(15)20;/h2-10,17H,11-13,20H2,1H3,(H,21,22);1H. The Kier molecular flexibility index (Phi) is 8.50. The second-order valence-corrected chi connectivity index (χ2v) is 5.53. The van der Waals surface area contributed by atoms with Gasteiger partial charge in [0.1, 0.15) is 6.04 Å². The number of anilines is 1. The second-order valence-electron chi connectivity index (χ2n) is 5.53. The van der Waals surface area contributed by atoms with Gasteiger partial charge in [0.25, 0.3) is 0 Å². The third-order valence-electron chi connectivity index (χ3n) is 3.78. The van der Waals surface area contributed by atoms with Crippen LogP contribution >= 0.6 is 12.4 Å². The number of nitrogens with two attached hydrogens (primary N) is 1. The van der Waals surface area contributed by atoms with Gasteiger partial charge in [-0.1, -0.05) is 48.5 Å². The van der Waals surface area contributed by atoms with E-state index in [9.17, 15) is 9.59 Å². The molecule has 0 radical (unpaired) electrons. The zero-order chi connectivity index (χ0) is 17.4. The van der Waals surface area contributed by atoms with E-state index < -0.39 is 12.0 Å². The first-order valence-electron chi connectivity index (χ1n) is 7.84. The van der Waals surface area contributed by atoms with Crippen LogP contribution < -0.4 is 11.1 Å². The van der Waals surface area contributed by atoms with Crippen LogP contribution in [-0.4, -0.2) is 25.0 Å². The van der Waals surface area contributed by atoms with Crippen molar-refractivity contribution >= 4 is 30.0 Å². The fourth-order valence-corrected chi connectivity index (χ4v) is 2.46. The molecular formula is C19H23ClN2O3. The molecule has 25 heavy (non-hydrogen) atoms. The van der Waals surface area contributed by atoms with Gasteiger partial charge >= 0.3 is 5.97 Å². The van der Waals surface area contributed by atoms with Gasteiger partial charge < -0.3 is 15.8 Å². The Balaban J connectivity index is 0.00000312. The van der Waals surface area contributed by atoms with E-state index in [1.165, 1.54) is 7.11 Å². The van der Waals surface area contributed by atoms with E-state index in [1.54, 1.807) is 6.07 Å². The average molecular weight is 363 g/mol. The highest BCUT2D eigenvalue weighted by atomic mass is 35.5. The van der Waals surface area contributed by atoms with E-state index in [2.05, 4.69) is 5.32 Å². The number of hydrogen-bond donors (Lipinski definition) is 2. The fraction of sp³-hybridized carbons (Fsp3) is 0.263. The van der Waals surface area contributed by atoms with E-state index in [0.717, 1.165) is 11.1 Å². The van der Waals surface area contributed by atoms with Crippen molar-refractivity contribution in [2.45, 2.75) is 25.3 Å². The number of ether oxygens (including phenoxy) is 1. The van der Waals surface area contributed by atoms with Crippen molar-refractivity contribution in [2.24, 2.45) is 0 Å². The molecule has 1 amide bonds. The number of amides is 1. The first kappa shape index (κ1) is 20.5. The summed E-state index contributed by atoms with van der Waals surface area (Å²) in [7, 11) is 1.32. The Bertz CT molecular complexity index is 692. The third kappa shape index (κ3) is 6.47. The number of halogens is 1. The smallest absolute Gasteiger partial charge is 0.328 e. The minimum Gasteiger partial charge on any atom is -0.467 e. The lowest BCUT2D eigenvalue weighted by Crippen LogP contribution is -2.43. The number of para-hydroxylation sites is 1. The van der Waals surface area contributed by atoms with Crippen molar-refractivity contribution in [2.75, 3.05) is 12.8 Å². The predicted molar refractivity (Wildman–Crippen MR) is 101 cm³/mol. The molecule has 0 spiro atoms. The van der Waals surface area contributed by atoms with Crippen molar-refractivity contribution in [3.63, 3.8) is 0 Å². The number of methoxy groups -OCH3 is 1. The van der Waals surface area contributed by atoms with E-state index >= 15 is 0 Å². The molecule has 0 aliphatic heterocycles. The molecule has 0 saturated carbocycles. The monoisotopic (exact) mass is 362 g/mol. The summed E-state index contributed by atoms with van der Waals surface area (Å²) in [5, 5.41) is 2.75. The molecule has 1 atom stereocenters. The van der Waals surface area contributed by atoms with Crippen LogP contribution in [0.25, 0.3) is 0 Å². The first-order valence-corrected chi connectivity index (χ1v) is 7.84. The zero-order valence-electron chi connectivity index (χ0n) is 14.1. The van der Waals surface area contributed by atoms with E-state index in [1.807, 2.05) is 48.5 Å². The summed E-state index contributed by atoms with van der Waals surface area (Å²) >= 11 is 0. The van der Waals surface area contributed by atoms with E-state index in [-0.39, 0.29) is 24.7 Å². The normalized spacial score (nSPS) is 11.1. The molecule has 2 aromatic carbocycles. The molecule has 0 aliphatic carbocycles. The zero-order valence-corrected chi connectivity index (χ0v) is 14.9. The molecule has 5 nitrogen and oxygen atoms in total. The van der Waals surface area contributed by atoms with E-state index in [0.29, 0.717) is 18.5 Å². The largest absolute Gasteiger partial charge is 0.467 e. The quantitative estimate of drug-likeness (QED) is 0.585. The van der Waals surface area contributed by atoms with Gasteiger partial charge in [0.05, 0.1) is 7.11 Å². The van der Waals surface area contributed by atoms with Crippen molar-refractivity contribution in [1.29, 1.82) is 0 Å². The topological polar surface area (TPSA) is 81.4 Å². The summed E-state index contributed by atoms with van der Waals surface area (Å²) in [5.74, 6) is -0.656. The van der Waals surface area contributed by atoms with Crippen molar-refractivity contribution in [1.82, 2.24) is 5.32 Å². The molecule has 3 N–H and O–H groups in total. The minimum absolute atomic E-state index is 0. The molecule has 0 bridgehead atoms. The second kappa shape index (κ2) is 10.4. The van der Waals surface area contributed by atoms with Crippen molar-refractivity contribution in [3.8, 4) is 0 Å². The number of carbonyl (C=O) groups is 2. The first-order chi connectivity index (χ1) is 11.6. The molecule has 134 valence electrons. The molecule has 6 heteroatoms. The van der Waals surface area contributed by atoms with Crippen LogP contribution in [0.5, 0.6) is 0 Å². The van der Waals surface area contributed by atoms with Crippen LogP contribution in [-0.2, 0) is 27.2 Å². The van der Waals surface area contributed by atoms with Crippen LogP contribution in [0.4, 0.5) is 5.69 Å². The summed E-state index contributed by atoms with van der Waals surface area (Å²) in [4.78, 5) is 24.1. The highest BCUT2D eigenvalue weighted by molar-refractivity contribution is 5.85. The maximum Gasteiger partial charge on any atom is 0.328 e. The lowest BCUT2D eigenvalue weighted by atomic mass is 10.0. The molecule has 0 aromatic heterocycles. The molecule has 0 aliphatic rings.